The van der Waals surface area contributed by atoms with Crippen LogP contribution in [0.2, 0.25) is 0 Å². The number of fused-ring (bicyclic) bond motifs is 4. The van der Waals surface area contributed by atoms with Crippen LogP contribution in [-0.2, 0) is 37.2 Å². The molecule has 0 saturated carbocycles. The summed E-state index contributed by atoms with van der Waals surface area (Å²) in [6.45, 7) is 13.0. The Morgan fingerprint density at radius 3 is 1.06 bits per heavy atom. The number of amides is 1. The molecule has 8 aromatic carbocycles. The van der Waals surface area contributed by atoms with Crippen LogP contribution in [-0.4, -0.2) is 260 Å². The van der Waals surface area contributed by atoms with Crippen LogP contribution in [0.5, 0.6) is 46.0 Å². The minimum absolute atomic E-state index is 0.0382. The number of piperidine rings is 1. The Labute approximate surface area is 814 Å². The average molecular weight is 1900 g/mol. The molecule has 2 saturated heterocycles. The molecule has 730 valence electrons. The molecule has 35 nitrogen and oxygen atoms in total. The summed E-state index contributed by atoms with van der Waals surface area (Å²) in [5.41, 5.74) is 20.7. The van der Waals surface area contributed by atoms with E-state index < -0.39 is 0 Å². The third-order valence-corrected chi connectivity index (χ3v) is 24.1. The third-order valence-electron chi connectivity index (χ3n) is 24.1. The van der Waals surface area contributed by atoms with Gasteiger partial charge in [0.15, 0.2) is 0 Å². The second-order valence-electron chi connectivity index (χ2n) is 33.8. The van der Waals surface area contributed by atoms with Crippen LogP contribution in [0.1, 0.15) is 58.3 Å². The number of carbonyl (C=O) groups excluding carboxylic acids is 1. The molecule has 1 amide bonds. The van der Waals surface area contributed by atoms with Gasteiger partial charge in [0.25, 0.3) is 0 Å². The summed E-state index contributed by atoms with van der Waals surface area (Å²) in [4.78, 5) is 64.5. The first kappa shape index (κ1) is 99.3. The number of aromatic nitrogens is 16. The first-order valence-corrected chi connectivity index (χ1v) is 47.0. The van der Waals surface area contributed by atoms with Crippen molar-refractivity contribution in [2.75, 3.05) is 175 Å². The van der Waals surface area contributed by atoms with Crippen LogP contribution in [0.15, 0.2) is 220 Å². The molecule has 2 fully saturated rings. The molecular weight excluding hydrogens is 1780 g/mol. The number of ether oxygens (including phenoxy) is 9. The van der Waals surface area contributed by atoms with Crippen molar-refractivity contribution in [2.24, 2.45) is 21.1 Å². The zero-order chi connectivity index (χ0) is 97.8. The van der Waals surface area contributed by atoms with Crippen molar-refractivity contribution < 1.29 is 57.6 Å². The number of nitrogens with one attached hydrogen (secondary N) is 1. The maximum absolute atomic E-state index is 12.8. The summed E-state index contributed by atoms with van der Waals surface area (Å²) >= 11 is 0. The van der Waals surface area contributed by atoms with E-state index in [-0.39, 0.29) is 32.3 Å². The standard InChI is InChI=1S/C28H34N6O3.C27H32N6O2.C25H28N6O4.C25H29N5O3/c1-36-24-14-23(15-25(17-24)37-2)34(11-5-10-32-8-3-4-9-32)22-6-7-26-27(16-22)31-28(19-29-26)21-18-30-33(20-21)12-13-35;1-31-19-20(17-29-31)27-18-28-25-8-7-21(15-26(25)30-27)33(12-11-32-9-5-4-6-10-32)22-13-23(34-2)16-24(14-22)35-3;1-30-15-17(13-28-30)24-14-27-22-6-5-18(11-23(22)29-24)31(16-25(32)26-7-8-33-2)19-9-20(34-3)12-21(10-19)35-4;1-4-5-8-30(20-11-21(32-3)14-22(12-20)33-10-9-31)19-6-7-23-24(13-19)28-25(16-26-23)18-15-27-29(2)17-18/h6-7,14-20,35H,3-5,8-13H2,1-2H3;7-8,13-19H,4-6,9-12H2,1-3H3;5-6,9-15H,7-8,16H2,1-4H3,(H,26,32);6-7,11-17,31H,4-5,8-10H2,1-3H3. The van der Waals surface area contributed by atoms with Crippen molar-refractivity contribution in [1.29, 1.82) is 0 Å². The maximum atomic E-state index is 12.8. The van der Waals surface area contributed by atoms with Gasteiger partial charge < -0.3 is 87.6 Å². The minimum atomic E-state index is -0.154. The molecule has 0 radical (unpaired) electrons. The molecule has 0 aliphatic carbocycles. The number of aryl methyl sites for hydroxylation is 3. The van der Waals surface area contributed by atoms with E-state index in [0.717, 1.165) is 217 Å². The smallest absolute Gasteiger partial charge is 0.240 e. The molecule has 2 aliphatic rings. The summed E-state index contributed by atoms with van der Waals surface area (Å²) in [6.07, 6.45) is 31.4. The first-order valence-electron chi connectivity index (χ1n) is 47.0. The zero-order valence-corrected chi connectivity index (χ0v) is 81.6. The van der Waals surface area contributed by atoms with Crippen molar-refractivity contribution in [3.63, 3.8) is 0 Å². The fourth-order valence-corrected chi connectivity index (χ4v) is 16.8. The van der Waals surface area contributed by atoms with Gasteiger partial charge in [-0.15, -0.1) is 0 Å². The number of likely N-dealkylation sites (tertiary alicyclic amines) is 2. The largest absolute Gasteiger partial charge is 0.497 e. The van der Waals surface area contributed by atoms with Crippen LogP contribution < -0.4 is 62.8 Å². The van der Waals surface area contributed by atoms with Crippen LogP contribution in [0.3, 0.4) is 0 Å². The first-order chi connectivity index (χ1) is 68.4. The van der Waals surface area contributed by atoms with Crippen molar-refractivity contribution in [3.8, 4) is 91.0 Å². The Balaban J connectivity index is 0.000000141. The van der Waals surface area contributed by atoms with Crippen molar-refractivity contribution >= 4 is 95.5 Å². The number of anilines is 8. The molecule has 3 N–H and O–H groups in total. The lowest BCUT2D eigenvalue weighted by molar-refractivity contribution is -0.119. The summed E-state index contributed by atoms with van der Waals surface area (Å²) in [6, 6.07) is 47.6. The lowest BCUT2D eigenvalue weighted by atomic mass is 10.1. The number of hydrogen-bond donors (Lipinski definition) is 3. The maximum Gasteiger partial charge on any atom is 0.240 e. The molecule has 0 unspecified atom stereocenters. The number of benzene rings is 8. The highest BCUT2D eigenvalue weighted by Crippen LogP contribution is 2.41. The average Bonchev–Trinajstić information content (AvgIpc) is 0.844. The summed E-state index contributed by atoms with van der Waals surface area (Å²) < 4.78 is 56.3. The van der Waals surface area contributed by atoms with Crippen LogP contribution >= 0.6 is 0 Å². The lowest BCUT2D eigenvalue weighted by Gasteiger charge is -2.31. The number of unbranched alkanes of at least 4 members (excludes halogenated alkanes) is 1. The normalized spacial score (nSPS) is 12.5. The van der Waals surface area contributed by atoms with Crippen molar-refractivity contribution in [2.45, 2.75) is 64.8 Å². The summed E-state index contributed by atoms with van der Waals surface area (Å²) in [7, 11) is 18.8. The van der Waals surface area contributed by atoms with Crippen LogP contribution in [0.4, 0.5) is 45.5 Å². The SMILES string of the molecule is CCCCN(c1cc(OC)cc(OCCO)c1)c1ccc2ncc(-c3cnn(C)c3)nc2c1.COCCNC(=O)CN(c1cc(OC)cc(OC)c1)c1ccc2ncc(-c3cnn(C)c3)nc2c1.COc1cc(OC)cc(N(CCCN2CCCC2)c2ccc3ncc(-c4cnn(CCO)c4)nc3c2)c1.COc1cc(OC)cc(N(CCN2CCCCC2)c2ccc3ncc(-c4cnn(C)c4)nc3c2)c1. The van der Waals surface area contributed by atoms with Crippen molar-refractivity contribution in [1.82, 2.24) is 94.1 Å². The molecule has 18 rings (SSSR count). The number of carbonyl (C=O) groups is 1. The second kappa shape index (κ2) is 48.7. The molecule has 35 heteroatoms. The van der Waals surface area contributed by atoms with Gasteiger partial charge in [-0.05, 0) is 144 Å². The van der Waals surface area contributed by atoms with E-state index in [9.17, 15) is 9.90 Å². The molecule has 16 aromatic rings. The van der Waals surface area contributed by atoms with Gasteiger partial charge in [-0.3, -0.25) is 43.5 Å². The van der Waals surface area contributed by atoms with Gasteiger partial charge in [0, 0.05) is 226 Å². The molecule has 0 spiro atoms. The fraction of sp³-hybridized carbons (Fsp3) is 0.343. The molecule has 0 bridgehead atoms. The fourth-order valence-electron chi connectivity index (χ4n) is 16.8. The van der Waals surface area contributed by atoms with Crippen LogP contribution in [0.25, 0.3) is 89.2 Å². The van der Waals surface area contributed by atoms with Gasteiger partial charge in [0.2, 0.25) is 5.91 Å². The zero-order valence-electron chi connectivity index (χ0n) is 81.6. The highest BCUT2D eigenvalue weighted by Gasteiger charge is 2.24. The van der Waals surface area contributed by atoms with Crippen molar-refractivity contribution in [3.05, 3.63) is 220 Å². The van der Waals surface area contributed by atoms with E-state index >= 15 is 0 Å². The summed E-state index contributed by atoms with van der Waals surface area (Å²) in [5.74, 6) is 5.46. The third kappa shape index (κ3) is 26.0. The molecule has 10 heterocycles. The van der Waals surface area contributed by atoms with E-state index in [4.69, 9.17) is 67.7 Å². The Hall–Kier alpha value is -15.2. The van der Waals surface area contributed by atoms with Gasteiger partial charge in [-0.1, -0.05) is 19.8 Å². The highest BCUT2D eigenvalue weighted by atomic mass is 16.5. The van der Waals surface area contributed by atoms with E-state index in [2.05, 4.69) is 126 Å². The molecular formula is C105H123N23O12. The van der Waals surface area contributed by atoms with E-state index in [1.165, 1.54) is 45.2 Å². The molecule has 140 heavy (non-hydrogen) atoms. The van der Waals surface area contributed by atoms with Crippen LogP contribution in [0, 0.1) is 0 Å². The monoisotopic (exact) mass is 1900 g/mol. The molecule has 8 aromatic heterocycles. The second-order valence-corrected chi connectivity index (χ2v) is 33.8. The number of methoxy groups -OCH3 is 8. The molecule has 2 aliphatic heterocycles. The van der Waals surface area contributed by atoms with Gasteiger partial charge in [-0.2, -0.15) is 20.4 Å². The predicted octanol–water partition coefficient (Wildman–Crippen LogP) is 16.1. The Kier molecular flexibility index (Phi) is 34.6. The Bertz CT molecular complexity index is 6710. The quantitative estimate of drug-likeness (QED) is 0.0301. The Morgan fingerprint density at radius 2 is 0.693 bits per heavy atom. The Morgan fingerprint density at radius 1 is 0.350 bits per heavy atom. The number of nitrogens with zero attached hydrogens (tertiary/aromatic N) is 22. The van der Waals surface area contributed by atoms with Gasteiger partial charge >= 0.3 is 0 Å². The van der Waals surface area contributed by atoms with E-state index in [0.29, 0.717) is 48.2 Å². The number of aliphatic hydroxyl groups excluding tert-OH is 2. The van der Waals surface area contributed by atoms with Gasteiger partial charge in [-0.25, -0.2) is 19.9 Å². The highest BCUT2D eigenvalue weighted by molar-refractivity contribution is 5.90. The number of rotatable bonds is 39. The minimum Gasteiger partial charge on any atom is -0.497 e. The summed E-state index contributed by atoms with van der Waals surface area (Å²) in [5, 5.41) is 38.2. The topological polar surface area (TPSA) is 346 Å². The van der Waals surface area contributed by atoms with E-state index in [1.54, 1.807) is 125 Å². The number of aliphatic hydroxyl groups is 2. The lowest BCUT2D eigenvalue weighted by Crippen LogP contribution is -2.36. The molecule has 0 atom stereocenters. The predicted molar refractivity (Wildman–Crippen MR) is 546 cm³/mol. The van der Waals surface area contributed by atoms with E-state index in [1.807, 2.05) is 148 Å². The number of hydrogen-bond acceptors (Lipinski definition) is 30. The van der Waals surface area contributed by atoms with Gasteiger partial charge in [0.05, 0.1) is 193 Å². The van der Waals surface area contributed by atoms with Gasteiger partial charge in [0.1, 0.15) is 59.1 Å².